The standard InChI is InChI=1S/C24H17F3N4O5/c25-24(26,27)15-3-1-4-16(10-15)29-20(32)12-30-17-5-2-8-28-21(17)22(33)31(23(30)34)11-14-6-7-18-19(9-14)36-13-35-18/h1-10H,11-13H2,(H,29,32). The Morgan fingerprint density at radius 1 is 1.00 bits per heavy atom. The van der Waals surface area contributed by atoms with E-state index in [1.807, 2.05) is 0 Å². The van der Waals surface area contributed by atoms with Gasteiger partial charge in [-0.3, -0.25) is 18.7 Å². The Morgan fingerprint density at radius 2 is 1.81 bits per heavy atom. The molecular weight excluding hydrogens is 481 g/mol. The Hall–Kier alpha value is -4.61. The van der Waals surface area contributed by atoms with Gasteiger partial charge in [-0.1, -0.05) is 12.1 Å². The topological polar surface area (TPSA) is 104 Å². The van der Waals surface area contributed by atoms with E-state index >= 15 is 0 Å². The number of pyridine rings is 1. The first-order valence-electron chi connectivity index (χ1n) is 10.6. The van der Waals surface area contributed by atoms with Crippen LogP contribution in [0.4, 0.5) is 18.9 Å². The predicted molar refractivity (Wildman–Crippen MR) is 122 cm³/mol. The largest absolute Gasteiger partial charge is 0.454 e. The van der Waals surface area contributed by atoms with Crippen LogP contribution in [0.5, 0.6) is 11.5 Å². The fourth-order valence-electron chi connectivity index (χ4n) is 3.87. The van der Waals surface area contributed by atoms with Crippen molar-refractivity contribution in [2.24, 2.45) is 0 Å². The molecule has 36 heavy (non-hydrogen) atoms. The van der Waals surface area contributed by atoms with Crippen LogP contribution in [-0.2, 0) is 24.1 Å². The predicted octanol–water partition coefficient (Wildman–Crippen LogP) is 2.99. The molecule has 2 aromatic carbocycles. The lowest BCUT2D eigenvalue weighted by molar-refractivity contribution is -0.137. The number of amides is 1. The summed E-state index contributed by atoms with van der Waals surface area (Å²) in [5.74, 6) is 0.255. The summed E-state index contributed by atoms with van der Waals surface area (Å²) in [4.78, 5) is 43.2. The SMILES string of the molecule is O=C(Cn1c(=O)n(Cc2ccc3c(c2)OCO3)c(=O)c2ncccc21)Nc1cccc(C(F)(F)F)c1. The van der Waals surface area contributed by atoms with Crippen LogP contribution in [0.1, 0.15) is 11.1 Å². The van der Waals surface area contributed by atoms with Crippen molar-refractivity contribution >= 4 is 22.6 Å². The number of nitrogens with one attached hydrogen (secondary N) is 1. The first-order chi connectivity index (χ1) is 17.2. The smallest absolute Gasteiger partial charge is 0.416 e. The molecule has 0 aliphatic carbocycles. The van der Waals surface area contributed by atoms with Gasteiger partial charge in [-0.2, -0.15) is 13.2 Å². The summed E-state index contributed by atoms with van der Waals surface area (Å²) >= 11 is 0. The first-order valence-corrected chi connectivity index (χ1v) is 10.6. The normalized spacial score (nSPS) is 12.6. The average molecular weight is 498 g/mol. The van der Waals surface area contributed by atoms with Gasteiger partial charge in [0.1, 0.15) is 6.54 Å². The third-order valence-electron chi connectivity index (χ3n) is 5.54. The van der Waals surface area contributed by atoms with Crippen LogP contribution < -0.4 is 26.0 Å². The summed E-state index contributed by atoms with van der Waals surface area (Å²) in [7, 11) is 0. The van der Waals surface area contributed by atoms with E-state index in [9.17, 15) is 27.6 Å². The fraction of sp³-hybridized carbons (Fsp3) is 0.167. The maximum atomic E-state index is 13.3. The van der Waals surface area contributed by atoms with Gasteiger partial charge in [0.25, 0.3) is 5.56 Å². The third kappa shape index (κ3) is 4.40. The van der Waals surface area contributed by atoms with Crippen LogP contribution in [0.3, 0.4) is 0 Å². The van der Waals surface area contributed by atoms with Crippen LogP contribution in [-0.4, -0.2) is 26.8 Å². The summed E-state index contributed by atoms with van der Waals surface area (Å²) < 4.78 is 51.6. The number of rotatable bonds is 5. The maximum Gasteiger partial charge on any atom is 0.416 e. The fourth-order valence-corrected chi connectivity index (χ4v) is 3.87. The van der Waals surface area contributed by atoms with E-state index in [0.717, 1.165) is 27.3 Å². The molecule has 1 aliphatic rings. The van der Waals surface area contributed by atoms with Crippen molar-refractivity contribution in [1.29, 1.82) is 0 Å². The highest BCUT2D eigenvalue weighted by Crippen LogP contribution is 2.33. The second-order valence-corrected chi connectivity index (χ2v) is 7.95. The molecule has 0 atom stereocenters. The minimum absolute atomic E-state index is 0.0373. The molecule has 1 amide bonds. The Morgan fingerprint density at radius 3 is 2.61 bits per heavy atom. The van der Waals surface area contributed by atoms with Crippen molar-refractivity contribution < 1.29 is 27.4 Å². The van der Waals surface area contributed by atoms with Crippen molar-refractivity contribution in [3.05, 3.63) is 92.8 Å². The van der Waals surface area contributed by atoms with Crippen molar-refractivity contribution in [1.82, 2.24) is 14.1 Å². The first kappa shape index (κ1) is 23.1. The number of hydrogen-bond acceptors (Lipinski definition) is 6. The molecule has 5 rings (SSSR count). The van der Waals surface area contributed by atoms with E-state index in [4.69, 9.17) is 9.47 Å². The summed E-state index contributed by atoms with van der Waals surface area (Å²) in [6, 6.07) is 12.1. The van der Waals surface area contributed by atoms with Gasteiger partial charge < -0.3 is 14.8 Å². The van der Waals surface area contributed by atoms with Gasteiger partial charge in [-0.25, -0.2) is 9.78 Å². The number of carbonyl (C=O) groups excluding carboxylic acids is 1. The number of anilines is 1. The summed E-state index contributed by atoms with van der Waals surface area (Å²) in [6.45, 7) is -0.624. The highest BCUT2D eigenvalue weighted by atomic mass is 19.4. The number of carbonyl (C=O) groups is 1. The van der Waals surface area contributed by atoms with Gasteiger partial charge in [0.15, 0.2) is 17.0 Å². The number of benzene rings is 2. The summed E-state index contributed by atoms with van der Waals surface area (Å²) in [5.41, 5.74) is -1.78. The van der Waals surface area contributed by atoms with Gasteiger partial charge in [0, 0.05) is 11.9 Å². The molecule has 0 spiro atoms. The number of hydrogen-bond donors (Lipinski definition) is 1. The molecule has 0 fully saturated rings. The van der Waals surface area contributed by atoms with Crippen molar-refractivity contribution in [3.8, 4) is 11.5 Å². The molecule has 0 unspecified atom stereocenters. The number of ether oxygens (including phenoxy) is 2. The molecule has 4 aromatic rings. The molecule has 3 heterocycles. The van der Waals surface area contributed by atoms with Gasteiger partial charge in [-0.15, -0.1) is 0 Å². The van der Waals surface area contributed by atoms with E-state index < -0.39 is 35.4 Å². The van der Waals surface area contributed by atoms with Gasteiger partial charge in [-0.05, 0) is 48.0 Å². The molecule has 0 bridgehead atoms. The van der Waals surface area contributed by atoms with E-state index in [0.29, 0.717) is 17.1 Å². The highest BCUT2D eigenvalue weighted by Gasteiger charge is 2.30. The Labute approximate surface area is 200 Å². The third-order valence-corrected chi connectivity index (χ3v) is 5.54. The monoisotopic (exact) mass is 498 g/mol. The zero-order valence-electron chi connectivity index (χ0n) is 18.4. The Kier molecular flexibility index (Phi) is 5.71. The second kappa shape index (κ2) is 8.87. The molecule has 12 heteroatoms. The van der Waals surface area contributed by atoms with Gasteiger partial charge in [0.05, 0.1) is 17.6 Å². The lowest BCUT2D eigenvalue weighted by Gasteiger charge is -2.14. The molecule has 0 radical (unpaired) electrons. The van der Waals surface area contributed by atoms with Crippen molar-refractivity contribution in [3.63, 3.8) is 0 Å². The van der Waals surface area contributed by atoms with Crippen LogP contribution in [0.25, 0.3) is 11.0 Å². The van der Waals surface area contributed by atoms with E-state index in [2.05, 4.69) is 10.3 Å². The molecule has 0 saturated heterocycles. The molecule has 9 nitrogen and oxygen atoms in total. The zero-order valence-corrected chi connectivity index (χ0v) is 18.4. The van der Waals surface area contributed by atoms with Crippen molar-refractivity contribution in [2.45, 2.75) is 19.3 Å². The summed E-state index contributed by atoms with van der Waals surface area (Å²) in [5, 5.41) is 2.37. The summed E-state index contributed by atoms with van der Waals surface area (Å²) in [6.07, 6.45) is -3.20. The highest BCUT2D eigenvalue weighted by molar-refractivity contribution is 5.91. The average Bonchev–Trinajstić information content (AvgIpc) is 3.32. The maximum absolute atomic E-state index is 13.3. The number of halogens is 3. The second-order valence-electron chi connectivity index (χ2n) is 7.95. The number of nitrogens with zero attached hydrogens (tertiary/aromatic N) is 3. The molecule has 184 valence electrons. The number of alkyl halides is 3. The molecule has 1 N–H and O–H groups in total. The van der Waals surface area contributed by atoms with E-state index in [1.54, 1.807) is 18.2 Å². The van der Waals surface area contributed by atoms with Crippen LogP contribution >= 0.6 is 0 Å². The lowest BCUT2D eigenvalue weighted by atomic mass is 10.2. The Balaban J connectivity index is 1.50. The van der Waals surface area contributed by atoms with Gasteiger partial charge in [0.2, 0.25) is 12.7 Å². The lowest BCUT2D eigenvalue weighted by Crippen LogP contribution is -2.42. The van der Waals surface area contributed by atoms with Crippen LogP contribution in [0, 0.1) is 0 Å². The van der Waals surface area contributed by atoms with Crippen LogP contribution in [0.15, 0.2) is 70.4 Å². The minimum atomic E-state index is -4.58. The van der Waals surface area contributed by atoms with Gasteiger partial charge >= 0.3 is 11.9 Å². The van der Waals surface area contributed by atoms with E-state index in [-0.39, 0.29) is 30.1 Å². The zero-order chi connectivity index (χ0) is 25.4. The molecule has 1 aliphatic heterocycles. The molecular formula is C24H17F3N4O5. The van der Waals surface area contributed by atoms with E-state index in [1.165, 1.54) is 24.4 Å². The molecule has 0 saturated carbocycles. The number of aromatic nitrogens is 3. The quantitative estimate of drug-likeness (QED) is 0.454. The molecule has 2 aromatic heterocycles. The Bertz CT molecular complexity index is 1610. The number of fused-ring (bicyclic) bond motifs is 2. The minimum Gasteiger partial charge on any atom is -0.454 e. The van der Waals surface area contributed by atoms with Crippen molar-refractivity contribution in [2.75, 3.05) is 12.1 Å². The van der Waals surface area contributed by atoms with Crippen LogP contribution in [0.2, 0.25) is 0 Å².